The summed E-state index contributed by atoms with van der Waals surface area (Å²) >= 11 is 0. The van der Waals surface area contributed by atoms with Gasteiger partial charge in [-0.15, -0.1) is 15.4 Å². The highest BCUT2D eigenvalue weighted by Gasteiger charge is 2.62. The Morgan fingerprint density at radius 3 is 2.38 bits per heavy atom. The van der Waals surface area contributed by atoms with Crippen LogP contribution in [0.5, 0.6) is 17.4 Å². The van der Waals surface area contributed by atoms with Crippen molar-refractivity contribution < 1.29 is 55.3 Å². The van der Waals surface area contributed by atoms with Gasteiger partial charge in [-0.1, -0.05) is 26.8 Å². The number of alkyl carbamates (subject to hydrolysis) is 1. The third kappa shape index (κ3) is 7.82. The van der Waals surface area contributed by atoms with E-state index in [1.54, 1.807) is 41.5 Å². The van der Waals surface area contributed by atoms with E-state index < -0.39 is 86.0 Å². The molecule has 0 bridgehead atoms. The van der Waals surface area contributed by atoms with Crippen molar-refractivity contribution in [2.45, 2.75) is 108 Å². The molecule has 18 heteroatoms. The van der Waals surface area contributed by atoms with Crippen LogP contribution in [0.4, 0.5) is 13.6 Å². The Balaban J connectivity index is 1.30. The number of carbonyl (C=O) groups excluding carboxylic acids is 4. The number of nitrogens with one attached hydrogen (secondary N) is 3. The number of aromatic nitrogens is 1. The molecule has 53 heavy (non-hydrogen) atoms. The van der Waals surface area contributed by atoms with Crippen molar-refractivity contribution in [2.24, 2.45) is 11.3 Å². The molecule has 4 aliphatic rings. The lowest BCUT2D eigenvalue weighted by atomic mass is 9.85. The molecule has 6 rings (SSSR count). The van der Waals surface area contributed by atoms with Crippen molar-refractivity contribution in [1.29, 1.82) is 0 Å². The number of ether oxygens (including phenoxy) is 4. The van der Waals surface area contributed by atoms with Crippen LogP contribution in [0.1, 0.15) is 67.2 Å². The monoisotopic (exact) mass is 763 g/mol. The molecule has 2 aliphatic heterocycles. The molecule has 2 aliphatic carbocycles. The Labute approximate surface area is 305 Å². The zero-order valence-electron chi connectivity index (χ0n) is 30.2. The maximum atomic E-state index is 14.4. The van der Waals surface area contributed by atoms with Crippen molar-refractivity contribution in [3.05, 3.63) is 37.1 Å². The zero-order valence-corrected chi connectivity index (χ0v) is 31.0. The molecule has 2 aromatic rings. The van der Waals surface area contributed by atoms with E-state index in [1.165, 1.54) is 35.4 Å². The Morgan fingerprint density at radius 2 is 1.77 bits per heavy atom. The van der Waals surface area contributed by atoms with E-state index in [-0.39, 0.29) is 47.5 Å². The molecule has 1 saturated heterocycles. The molecule has 288 valence electrons. The maximum absolute atomic E-state index is 14.4. The third-order valence-electron chi connectivity index (χ3n) is 9.42. The lowest BCUT2D eigenvalue weighted by Gasteiger charge is -2.36. The van der Waals surface area contributed by atoms with E-state index in [4.69, 9.17) is 14.2 Å². The number of fused-ring (bicyclic) bond motifs is 3. The van der Waals surface area contributed by atoms with Gasteiger partial charge in [0, 0.05) is 29.3 Å². The third-order valence-corrected chi connectivity index (χ3v) is 11.2. The molecule has 1 aromatic heterocycles. The highest BCUT2D eigenvalue weighted by atomic mass is 32.2. The summed E-state index contributed by atoms with van der Waals surface area (Å²) in [5, 5.41) is 5.17. The average molecular weight is 764 g/mol. The van der Waals surface area contributed by atoms with Crippen LogP contribution in [0.25, 0.3) is 10.8 Å². The summed E-state index contributed by atoms with van der Waals surface area (Å²) in [6.45, 7) is 13.7. The molecule has 3 fully saturated rings. The normalized spacial score (nSPS) is 25.3. The second kappa shape index (κ2) is 13.0. The van der Waals surface area contributed by atoms with Crippen LogP contribution in [0, 0.1) is 11.3 Å². The quantitative estimate of drug-likeness (QED) is 0.300. The predicted octanol–water partition coefficient (Wildman–Crippen LogP) is 3.51. The van der Waals surface area contributed by atoms with E-state index in [9.17, 15) is 36.4 Å². The lowest BCUT2D eigenvalue weighted by molar-refractivity contribution is -0.286. The molecule has 3 N–H and O–H groups in total. The van der Waals surface area contributed by atoms with Gasteiger partial charge in [0.15, 0.2) is 11.5 Å². The second-order valence-electron chi connectivity index (χ2n) is 15.9. The number of amides is 4. The number of pyridine rings is 1. The first-order valence-corrected chi connectivity index (χ1v) is 18.7. The average Bonchev–Trinajstić information content (AvgIpc) is 3.94. The van der Waals surface area contributed by atoms with E-state index in [0.29, 0.717) is 12.8 Å². The number of hydrogen-bond acceptors (Lipinski definition) is 11. The number of carbonyl (C=O) groups is 4. The van der Waals surface area contributed by atoms with Gasteiger partial charge in [0.1, 0.15) is 29.3 Å². The number of hydrogen-bond donors (Lipinski definition) is 3. The Bertz CT molecular complexity index is 1980. The fourth-order valence-corrected chi connectivity index (χ4v) is 7.88. The van der Waals surface area contributed by atoms with Crippen LogP contribution in [-0.2, 0) is 29.1 Å². The summed E-state index contributed by atoms with van der Waals surface area (Å²) in [6, 6.07) is 1.71. The zero-order chi connectivity index (χ0) is 38.9. The number of benzene rings is 1. The molecular weight excluding hydrogens is 720 g/mol. The van der Waals surface area contributed by atoms with Crippen molar-refractivity contribution >= 4 is 44.6 Å². The van der Waals surface area contributed by atoms with Crippen LogP contribution < -0.4 is 29.6 Å². The molecule has 0 radical (unpaired) electrons. The second-order valence-corrected chi connectivity index (χ2v) is 17.8. The van der Waals surface area contributed by atoms with Crippen molar-refractivity contribution in [2.75, 3.05) is 6.54 Å². The first-order chi connectivity index (χ1) is 24.5. The topological polar surface area (TPSA) is 192 Å². The molecule has 2 saturated carbocycles. The van der Waals surface area contributed by atoms with Crippen LogP contribution in [0.2, 0.25) is 0 Å². The van der Waals surface area contributed by atoms with Gasteiger partial charge in [0.05, 0.1) is 11.8 Å². The summed E-state index contributed by atoms with van der Waals surface area (Å²) < 4.78 is 76.2. The highest BCUT2D eigenvalue weighted by molar-refractivity contribution is 7.91. The molecule has 1 aromatic carbocycles. The molecule has 0 spiro atoms. The number of rotatable bonds is 10. The summed E-state index contributed by atoms with van der Waals surface area (Å²) in [5.41, 5.74) is -3.40. The van der Waals surface area contributed by atoms with Gasteiger partial charge >= 0.3 is 12.4 Å². The number of nitrogens with zero attached hydrogens (tertiary/aromatic N) is 2. The number of sulfonamides is 1. The minimum atomic E-state index is -3.95. The van der Waals surface area contributed by atoms with Gasteiger partial charge in [-0.2, -0.15) is 0 Å². The SMILES string of the molecule is C=C[C@@H]1C[C@]1(NC(=O)[C@@H]1C[C@@H](Oc2nccc3c4c(ccc23)OC(F)(F)O4)CN1C(=O)[C@@H](NC(=O)OC(C)(C)C)C(C)(C)C)C(=O)NS(=O)(=O)C1CC1. The predicted molar refractivity (Wildman–Crippen MR) is 184 cm³/mol. The molecule has 15 nitrogen and oxygen atoms in total. The summed E-state index contributed by atoms with van der Waals surface area (Å²) in [7, 11) is -3.95. The number of likely N-dealkylation sites (tertiary alicyclic amines) is 1. The fraction of sp³-hybridized carbons (Fsp3) is 0.571. The Kier molecular flexibility index (Phi) is 9.31. The van der Waals surface area contributed by atoms with Gasteiger partial charge in [-0.3, -0.25) is 19.1 Å². The van der Waals surface area contributed by atoms with E-state index >= 15 is 0 Å². The van der Waals surface area contributed by atoms with Crippen molar-refractivity contribution in [3.8, 4) is 17.4 Å². The largest absolute Gasteiger partial charge is 0.586 e. The fourth-order valence-electron chi connectivity index (χ4n) is 6.52. The van der Waals surface area contributed by atoms with Gasteiger partial charge < -0.3 is 34.5 Å². The van der Waals surface area contributed by atoms with Crippen molar-refractivity contribution in [1.82, 2.24) is 25.2 Å². The van der Waals surface area contributed by atoms with Crippen LogP contribution in [-0.4, -0.2) is 89.5 Å². The van der Waals surface area contributed by atoms with Gasteiger partial charge in [-0.25, -0.2) is 18.2 Å². The molecular formula is C35H43F2N5O10S. The molecule has 3 heterocycles. The van der Waals surface area contributed by atoms with Gasteiger partial charge in [-0.05, 0) is 63.6 Å². The first-order valence-electron chi connectivity index (χ1n) is 17.2. The number of halogens is 2. The minimum Gasteiger partial charge on any atom is -0.472 e. The van der Waals surface area contributed by atoms with Crippen LogP contribution >= 0.6 is 0 Å². The molecule has 5 atom stereocenters. The van der Waals surface area contributed by atoms with Gasteiger partial charge in [0.2, 0.25) is 27.7 Å². The summed E-state index contributed by atoms with van der Waals surface area (Å²) in [6.07, 6.45) is -2.08. The van der Waals surface area contributed by atoms with Gasteiger partial charge in [0.25, 0.3) is 5.91 Å². The minimum absolute atomic E-state index is 0.00290. The number of alkyl halides is 2. The Hall–Kier alpha value is -4.74. The first kappa shape index (κ1) is 38.0. The highest BCUT2D eigenvalue weighted by Crippen LogP contribution is 2.48. The van der Waals surface area contributed by atoms with Crippen molar-refractivity contribution in [3.63, 3.8) is 0 Å². The van der Waals surface area contributed by atoms with E-state index in [2.05, 4.69) is 31.7 Å². The van der Waals surface area contributed by atoms with Crippen LogP contribution in [0.3, 0.4) is 0 Å². The van der Waals surface area contributed by atoms with Crippen LogP contribution in [0.15, 0.2) is 37.1 Å². The maximum Gasteiger partial charge on any atom is 0.586 e. The summed E-state index contributed by atoms with van der Waals surface area (Å²) in [4.78, 5) is 60.5. The van der Waals surface area contributed by atoms with E-state index in [0.717, 1.165) is 0 Å². The smallest absolute Gasteiger partial charge is 0.472 e. The summed E-state index contributed by atoms with van der Waals surface area (Å²) in [5.74, 6) is -3.32. The standard InChI is InChI=1S/C35H43F2N5O10S/c1-8-18-16-34(18,30(45)41-53(47,48)20-9-10-20)40-27(43)23-15-19(17-42(23)29(44)26(32(2,3)4)39-31(46)52-33(5,6)7)49-28-22-11-12-24-25(21(22)13-14-38-28)51-35(36,37)50-24/h8,11-14,18-20,23,26H,1,9-10,15-17H2,2-7H3,(H,39,46)(H,40,43)(H,41,45)/t18-,19-,23+,26-,34-/m1/s1. The Morgan fingerprint density at radius 1 is 1.08 bits per heavy atom. The lowest BCUT2D eigenvalue weighted by Crippen LogP contribution is -2.60. The molecule has 0 unspecified atom stereocenters. The van der Waals surface area contributed by atoms with E-state index in [1.807, 2.05) is 0 Å². The molecule has 4 amide bonds.